The summed E-state index contributed by atoms with van der Waals surface area (Å²) < 4.78 is 0. The van der Waals surface area contributed by atoms with Crippen molar-refractivity contribution >= 4 is 52.2 Å². The van der Waals surface area contributed by atoms with Crippen LogP contribution in [0.15, 0.2) is 42.5 Å². The zero-order valence-electron chi connectivity index (χ0n) is 11.5. The minimum atomic E-state index is -1.39. The lowest BCUT2D eigenvalue weighted by Crippen LogP contribution is -2.28. The van der Waals surface area contributed by atoms with Gasteiger partial charge in [-0.2, -0.15) is 5.26 Å². The summed E-state index contributed by atoms with van der Waals surface area (Å²) in [5.74, 6) is -3.27. The van der Waals surface area contributed by atoms with E-state index < -0.39 is 17.6 Å². The largest absolute Gasteiger partial charge is 0.319 e. The number of carbonyl (C=O) groups excluding carboxylic acids is 2. The van der Waals surface area contributed by atoms with Crippen molar-refractivity contribution in [1.29, 1.82) is 5.26 Å². The summed E-state index contributed by atoms with van der Waals surface area (Å²) in [7, 11) is 0. The highest BCUT2D eigenvalue weighted by Gasteiger charge is 2.30. The van der Waals surface area contributed by atoms with E-state index in [0.29, 0.717) is 10.7 Å². The first-order valence-electron chi connectivity index (χ1n) is 6.38. The number of hydrogen-bond acceptors (Lipinski definition) is 3. The van der Waals surface area contributed by atoms with Gasteiger partial charge < -0.3 is 5.32 Å². The Morgan fingerprint density at radius 2 is 1.57 bits per heavy atom. The summed E-state index contributed by atoms with van der Waals surface area (Å²) in [5.41, 5.74) is 0.504. The summed E-state index contributed by atoms with van der Waals surface area (Å²) in [6.45, 7) is 0. The third-order valence-electron chi connectivity index (χ3n) is 3.01. The van der Waals surface area contributed by atoms with Gasteiger partial charge in [0.1, 0.15) is 5.92 Å². The normalized spacial score (nSPS) is 11.4. The molecule has 1 N–H and O–H groups in total. The van der Waals surface area contributed by atoms with E-state index >= 15 is 0 Å². The number of hydrogen-bond donors (Lipinski definition) is 1. The van der Waals surface area contributed by atoms with Crippen LogP contribution in [0.2, 0.25) is 15.1 Å². The number of amides is 1. The molecule has 2 aromatic carbocycles. The van der Waals surface area contributed by atoms with Gasteiger partial charge in [0.15, 0.2) is 0 Å². The maximum atomic E-state index is 12.3. The van der Waals surface area contributed by atoms with Crippen LogP contribution in [0.25, 0.3) is 0 Å². The Bertz CT molecular complexity index is 778. The SMILES string of the molecule is N#CC(C(=O)C(=O)Nc1ccc(Cl)cc1)c1c(Cl)cccc1Cl. The average Bonchev–Trinajstić information content (AvgIpc) is 2.52. The van der Waals surface area contributed by atoms with Crippen molar-refractivity contribution in [1.82, 2.24) is 0 Å². The summed E-state index contributed by atoms with van der Waals surface area (Å²) >= 11 is 17.7. The molecule has 0 aliphatic heterocycles. The first-order valence-corrected chi connectivity index (χ1v) is 7.51. The molecule has 4 nitrogen and oxygen atoms in total. The Labute approximate surface area is 147 Å². The molecule has 1 amide bonds. The van der Waals surface area contributed by atoms with E-state index in [0.717, 1.165) is 0 Å². The lowest BCUT2D eigenvalue weighted by molar-refractivity contribution is -0.135. The van der Waals surface area contributed by atoms with Crippen molar-refractivity contribution in [2.75, 3.05) is 5.32 Å². The third-order valence-corrected chi connectivity index (χ3v) is 3.92. The van der Waals surface area contributed by atoms with E-state index in [9.17, 15) is 14.9 Å². The van der Waals surface area contributed by atoms with Crippen LogP contribution in [0.1, 0.15) is 11.5 Å². The van der Waals surface area contributed by atoms with Gasteiger partial charge in [-0.25, -0.2) is 0 Å². The van der Waals surface area contributed by atoms with Crippen molar-refractivity contribution < 1.29 is 9.59 Å². The Morgan fingerprint density at radius 1 is 1.00 bits per heavy atom. The molecule has 0 fully saturated rings. The Balaban J connectivity index is 2.25. The maximum absolute atomic E-state index is 12.3. The van der Waals surface area contributed by atoms with E-state index in [-0.39, 0.29) is 15.6 Å². The lowest BCUT2D eigenvalue weighted by Gasteiger charge is -2.12. The standard InChI is InChI=1S/C16H9Cl3N2O2/c17-9-4-6-10(7-5-9)21-16(23)15(22)11(8-20)14-12(18)2-1-3-13(14)19/h1-7,11H,(H,21,23). The molecule has 0 saturated carbocycles. The second-order valence-corrected chi connectivity index (χ2v) is 5.77. The molecule has 0 heterocycles. The molecule has 0 spiro atoms. The van der Waals surface area contributed by atoms with Crippen molar-refractivity contribution in [2.24, 2.45) is 0 Å². The smallest absolute Gasteiger partial charge is 0.293 e. The quantitative estimate of drug-likeness (QED) is 0.811. The topological polar surface area (TPSA) is 70.0 Å². The fraction of sp³-hybridized carbons (Fsp3) is 0.0625. The molecule has 0 radical (unpaired) electrons. The van der Waals surface area contributed by atoms with Crippen LogP contribution in [0.4, 0.5) is 5.69 Å². The molecule has 116 valence electrons. The fourth-order valence-electron chi connectivity index (χ4n) is 1.90. The molecule has 0 aliphatic carbocycles. The van der Waals surface area contributed by atoms with Crippen LogP contribution in [0.5, 0.6) is 0 Å². The van der Waals surface area contributed by atoms with Gasteiger partial charge in [-0.05, 0) is 36.4 Å². The second kappa shape index (κ2) is 7.47. The van der Waals surface area contributed by atoms with E-state index in [4.69, 9.17) is 34.8 Å². The molecule has 0 aromatic heterocycles. The number of nitrogens with zero attached hydrogens (tertiary/aromatic N) is 1. The van der Waals surface area contributed by atoms with Crippen molar-refractivity contribution in [2.45, 2.75) is 5.92 Å². The number of nitriles is 1. The number of Topliss-reactive ketones (excluding diaryl/α,β-unsaturated/α-hetero) is 1. The average molecular weight is 368 g/mol. The minimum Gasteiger partial charge on any atom is -0.319 e. The lowest BCUT2D eigenvalue weighted by atomic mass is 9.95. The van der Waals surface area contributed by atoms with Crippen LogP contribution >= 0.6 is 34.8 Å². The summed E-state index contributed by atoms with van der Waals surface area (Å²) in [4.78, 5) is 24.3. The monoisotopic (exact) mass is 366 g/mol. The predicted octanol–water partition coefficient (Wildman–Crippen LogP) is 4.46. The van der Waals surface area contributed by atoms with Gasteiger partial charge in [0, 0.05) is 26.3 Å². The number of anilines is 1. The predicted molar refractivity (Wildman–Crippen MR) is 89.9 cm³/mol. The highest BCUT2D eigenvalue weighted by Crippen LogP contribution is 2.32. The van der Waals surface area contributed by atoms with Crippen LogP contribution in [-0.4, -0.2) is 11.7 Å². The van der Waals surface area contributed by atoms with Crippen LogP contribution in [0, 0.1) is 11.3 Å². The third kappa shape index (κ3) is 4.02. The molecule has 1 atom stereocenters. The molecule has 2 rings (SSSR count). The van der Waals surface area contributed by atoms with E-state index in [2.05, 4.69) is 5.32 Å². The van der Waals surface area contributed by atoms with Crippen LogP contribution < -0.4 is 5.32 Å². The summed E-state index contributed by atoms with van der Waals surface area (Å²) in [6, 6.07) is 12.6. The number of halogens is 3. The fourth-order valence-corrected chi connectivity index (χ4v) is 2.64. The molecular formula is C16H9Cl3N2O2. The molecule has 0 bridgehead atoms. The van der Waals surface area contributed by atoms with Crippen LogP contribution in [-0.2, 0) is 9.59 Å². The van der Waals surface area contributed by atoms with Crippen molar-refractivity contribution in [3.63, 3.8) is 0 Å². The van der Waals surface area contributed by atoms with E-state index in [1.165, 1.54) is 24.3 Å². The van der Waals surface area contributed by atoms with E-state index in [1.54, 1.807) is 24.3 Å². The van der Waals surface area contributed by atoms with Gasteiger partial charge in [0.2, 0.25) is 5.78 Å². The van der Waals surface area contributed by atoms with E-state index in [1.807, 2.05) is 0 Å². The molecule has 2 aromatic rings. The first kappa shape index (κ1) is 17.3. The Hall–Kier alpha value is -2.06. The number of rotatable bonds is 4. The number of carbonyl (C=O) groups is 2. The Kier molecular flexibility index (Phi) is 5.62. The highest BCUT2D eigenvalue weighted by molar-refractivity contribution is 6.44. The van der Waals surface area contributed by atoms with Gasteiger partial charge in [-0.3, -0.25) is 9.59 Å². The zero-order valence-corrected chi connectivity index (χ0v) is 13.8. The van der Waals surface area contributed by atoms with Gasteiger partial charge in [-0.15, -0.1) is 0 Å². The van der Waals surface area contributed by atoms with Gasteiger partial charge in [-0.1, -0.05) is 40.9 Å². The molecule has 0 saturated heterocycles. The maximum Gasteiger partial charge on any atom is 0.293 e. The van der Waals surface area contributed by atoms with Gasteiger partial charge in [0.25, 0.3) is 5.91 Å². The van der Waals surface area contributed by atoms with Gasteiger partial charge >= 0.3 is 0 Å². The Morgan fingerprint density at radius 3 is 2.09 bits per heavy atom. The molecule has 0 aliphatic rings. The van der Waals surface area contributed by atoms with Crippen molar-refractivity contribution in [3.05, 3.63) is 63.1 Å². The minimum absolute atomic E-state index is 0.120. The zero-order chi connectivity index (χ0) is 17.0. The molecule has 1 unspecified atom stereocenters. The highest BCUT2D eigenvalue weighted by atomic mass is 35.5. The summed E-state index contributed by atoms with van der Waals surface area (Å²) in [6.07, 6.45) is 0. The van der Waals surface area contributed by atoms with Crippen molar-refractivity contribution in [3.8, 4) is 6.07 Å². The van der Waals surface area contributed by atoms with Gasteiger partial charge in [0.05, 0.1) is 6.07 Å². The van der Waals surface area contributed by atoms with Crippen LogP contribution in [0.3, 0.4) is 0 Å². The number of nitrogens with one attached hydrogen (secondary N) is 1. The molecule has 7 heteroatoms. The first-order chi connectivity index (χ1) is 10.9. The summed E-state index contributed by atoms with van der Waals surface area (Å²) in [5, 5.41) is 12.5. The molecule has 23 heavy (non-hydrogen) atoms. The number of benzene rings is 2. The second-order valence-electron chi connectivity index (χ2n) is 4.52. The molecular weight excluding hydrogens is 359 g/mol. The number of ketones is 1.